The number of nitrogens with zero attached hydrogens (tertiary/aromatic N) is 2. The number of allylic oxidation sites excluding steroid dienone is 2. The largest absolute Gasteiger partial charge is 0.295 e. The minimum Gasteiger partial charge on any atom is -0.295 e. The van der Waals surface area contributed by atoms with Crippen molar-refractivity contribution in [3.05, 3.63) is 23.3 Å². The number of fused-ring (bicyclic) bond motifs is 3. The summed E-state index contributed by atoms with van der Waals surface area (Å²) in [7, 11) is 0. The molecule has 3 fully saturated rings. The molecule has 2 nitrogen and oxygen atoms in total. The van der Waals surface area contributed by atoms with Crippen LogP contribution in [0.15, 0.2) is 23.3 Å². The highest BCUT2D eigenvalue weighted by Crippen LogP contribution is 2.67. The fourth-order valence-electron chi connectivity index (χ4n) is 5.64. The van der Waals surface area contributed by atoms with Gasteiger partial charge >= 0.3 is 0 Å². The van der Waals surface area contributed by atoms with Gasteiger partial charge in [-0.05, 0) is 50.1 Å². The van der Waals surface area contributed by atoms with Crippen LogP contribution < -0.4 is 0 Å². The second-order valence-corrected chi connectivity index (χ2v) is 7.25. The predicted molar refractivity (Wildman–Crippen MR) is 77.0 cm³/mol. The van der Waals surface area contributed by atoms with E-state index in [2.05, 4.69) is 28.9 Å². The Balaban J connectivity index is 1.55. The number of piperidine rings is 1. The lowest BCUT2D eigenvalue weighted by Gasteiger charge is -2.44. The highest BCUT2D eigenvalue weighted by atomic mass is 15.4. The maximum absolute atomic E-state index is 2.89. The molecule has 4 atom stereocenters. The molecule has 4 unspecified atom stereocenters. The molecule has 0 radical (unpaired) electrons. The van der Waals surface area contributed by atoms with E-state index in [-0.39, 0.29) is 0 Å². The molecule has 102 valence electrons. The third kappa shape index (κ3) is 1.25. The van der Waals surface area contributed by atoms with Gasteiger partial charge in [0.1, 0.15) is 0 Å². The van der Waals surface area contributed by atoms with Gasteiger partial charge in [0.05, 0.1) is 0 Å². The van der Waals surface area contributed by atoms with Crippen LogP contribution in [0.4, 0.5) is 0 Å². The summed E-state index contributed by atoms with van der Waals surface area (Å²) in [5.41, 5.74) is 4.14. The zero-order chi connectivity index (χ0) is 12.6. The highest BCUT2D eigenvalue weighted by molar-refractivity contribution is 5.38. The van der Waals surface area contributed by atoms with Crippen molar-refractivity contribution in [1.29, 1.82) is 0 Å². The Kier molecular flexibility index (Phi) is 2.06. The molecule has 2 aliphatic carbocycles. The summed E-state index contributed by atoms with van der Waals surface area (Å²) in [5, 5.41) is 0. The van der Waals surface area contributed by atoms with Crippen LogP contribution >= 0.6 is 0 Å². The van der Waals surface area contributed by atoms with Crippen molar-refractivity contribution in [3.63, 3.8) is 0 Å². The quantitative estimate of drug-likeness (QED) is 0.711. The van der Waals surface area contributed by atoms with E-state index in [1.807, 2.05) is 0 Å². The first kappa shape index (κ1) is 11.1. The van der Waals surface area contributed by atoms with Crippen molar-refractivity contribution in [3.8, 4) is 0 Å². The summed E-state index contributed by atoms with van der Waals surface area (Å²) in [4.78, 5) is 5.72. The van der Waals surface area contributed by atoms with Gasteiger partial charge < -0.3 is 0 Å². The van der Waals surface area contributed by atoms with E-state index in [4.69, 9.17) is 0 Å². The zero-order valence-electron chi connectivity index (χ0n) is 11.9. The number of hydrogen-bond donors (Lipinski definition) is 0. The van der Waals surface area contributed by atoms with Crippen molar-refractivity contribution < 1.29 is 0 Å². The van der Waals surface area contributed by atoms with Crippen LogP contribution in [0.3, 0.4) is 0 Å². The summed E-state index contributed by atoms with van der Waals surface area (Å²) in [6, 6.07) is 1.70. The maximum atomic E-state index is 2.89. The van der Waals surface area contributed by atoms with Gasteiger partial charge in [-0.1, -0.05) is 24.6 Å². The number of likely N-dealkylation sites (N-methyl/N-ethyl adjacent to an activating group) is 1. The molecule has 0 aromatic heterocycles. The standard InChI is InChI=1S/C17H24N2/c1-2-18-11-13-6-4-3-5-12(13)9-15-16(18)14-10-17(14)7-8-19(15)17/h3,5,14-16H,2,4,6-11H2,1H3. The van der Waals surface area contributed by atoms with E-state index in [9.17, 15) is 0 Å². The molecule has 0 amide bonds. The van der Waals surface area contributed by atoms with Crippen molar-refractivity contribution >= 4 is 0 Å². The van der Waals surface area contributed by atoms with Crippen LogP contribution in [0, 0.1) is 5.92 Å². The Bertz CT molecular complexity index is 491. The molecule has 0 aromatic carbocycles. The van der Waals surface area contributed by atoms with Crippen LogP contribution in [0.5, 0.6) is 0 Å². The maximum Gasteiger partial charge on any atom is 0.0304 e. The minimum absolute atomic E-state index is 0.694. The van der Waals surface area contributed by atoms with Gasteiger partial charge in [0.25, 0.3) is 0 Å². The van der Waals surface area contributed by atoms with Crippen molar-refractivity contribution in [2.75, 3.05) is 19.6 Å². The highest BCUT2D eigenvalue weighted by Gasteiger charge is 2.74. The second kappa shape index (κ2) is 3.53. The third-order valence-electron chi connectivity index (χ3n) is 6.70. The lowest BCUT2D eigenvalue weighted by Crippen LogP contribution is -2.55. The van der Waals surface area contributed by atoms with Gasteiger partial charge in [0, 0.05) is 30.7 Å². The lowest BCUT2D eigenvalue weighted by atomic mass is 9.91. The molecule has 3 aliphatic heterocycles. The molecule has 3 heterocycles. The first-order chi connectivity index (χ1) is 9.33. The van der Waals surface area contributed by atoms with Crippen LogP contribution in [0.2, 0.25) is 0 Å². The SMILES string of the molecule is CCN1CC2=C(C=CCC2)CC2C1C1CC13CCN23. The zero-order valence-corrected chi connectivity index (χ0v) is 11.9. The molecule has 0 aromatic rings. The van der Waals surface area contributed by atoms with E-state index < -0.39 is 0 Å². The summed E-state index contributed by atoms with van der Waals surface area (Å²) in [6.07, 6.45) is 11.8. The van der Waals surface area contributed by atoms with Crippen molar-refractivity contribution in [2.24, 2.45) is 5.92 Å². The Morgan fingerprint density at radius 2 is 2.37 bits per heavy atom. The first-order valence-electron chi connectivity index (χ1n) is 8.22. The van der Waals surface area contributed by atoms with E-state index in [0.29, 0.717) is 5.54 Å². The number of rotatable bonds is 1. The fraction of sp³-hybridized carbons (Fsp3) is 0.765. The van der Waals surface area contributed by atoms with E-state index in [1.54, 1.807) is 11.1 Å². The first-order valence-corrected chi connectivity index (χ1v) is 8.22. The average Bonchev–Trinajstić information content (AvgIpc) is 3.13. The topological polar surface area (TPSA) is 6.48 Å². The summed E-state index contributed by atoms with van der Waals surface area (Å²) in [6.45, 7) is 6.24. The molecule has 5 aliphatic rings. The van der Waals surface area contributed by atoms with Crippen LogP contribution in [-0.2, 0) is 0 Å². The lowest BCUT2D eigenvalue weighted by molar-refractivity contribution is 0.0362. The second-order valence-electron chi connectivity index (χ2n) is 7.25. The van der Waals surface area contributed by atoms with Gasteiger partial charge in [-0.3, -0.25) is 9.80 Å². The Hall–Kier alpha value is -0.600. The van der Waals surface area contributed by atoms with Crippen molar-refractivity contribution in [2.45, 2.75) is 56.7 Å². The summed E-state index contributed by atoms with van der Waals surface area (Å²) >= 11 is 0. The van der Waals surface area contributed by atoms with E-state index in [1.165, 1.54) is 51.7 Å². The molecule has 2 heteroatoms. The molecular formula is C17H24N2. The van der Waals surface area contributed by atoms with Gasteiger partial charge in [-0.25, -0.2) is 0 Å². The van der Waals surface area contributed by atoms with Crippen LogP contribution in [-0.4, -0.2) is 47.1 Å². The van der Waals surface area contributed by atoms with E-state index in [0.717, 1.165) is 18.0 Å². The Labute approximate surface area is 116 Å². The van der Waals surface area contributed by atoms with Crippen molar-refractivity contribution in [1.82, 2.24) is 9.80 Å². The molecule has 2 saturated heterocycles. The summed E-state index contributed by atoms with van der Waals surface area (Å²) < 4.78 is 0. The molecule has 1 saturated carbocycles. The van der Waals surface area contributed by atoms with Gasteiger partial charge in [0.15, 0.2) is 0 Å². The monoisotopic (exact) mass is 256 g/mol. The fourth-order valence-corrected chi connectivity index (χ4v) is 5.64. The normalized spacial score (nSPS) is 47.9. The van der Waals surface area contributed by atoms with Gasteiger partial charge in [-0.15, -0.1) is 0 Å². The molecule has 5 rings (SSSR count). The molecular weight excluding hydrogens is 232 g/mol. The summed E-state index contributed by atoms with van der Waals surface area (Å²) in [5.74, 6) is 1.01. The molecule has 1 spiro atoms. The Morgan fingerprint density at radius 3 is 3.16 bits per heavy atom. The number of hydrogen-bond acceptors (Lipinski definition) is 2. The molecule has 0 N–H and O–H groups in total. The van der Waals surface area contributed by atoms with Crippen LogP contribution in [0.25, 0.3) is 0 Å². The molecule has 0 bridgehead atoms. The minimum atomic E-state index is 0.694. The predicted octanol–water partition coefficient (Wildman–Crippen LogP) is 2.57. The molecule has 19 heavy (non-hydrogen) atoms. The van der Waals surface area contributed by atoms with Gasteiger partial charge in [-0.2, -0.15) is 0 Å². The van der Waals surface area contributed by atoms with E-state index >= 15 is 0 Å². The van der Waals surface area contributed by atoms with Gasteiger partial charge in [0.2, 0.25) is 0 Å². The smallest absolute Gasteiger partial charge is 0.0304 e. The Morgan fingerprint density at radius 1 is 1.42 bits per heavy atom. The average molecular weight is 256 g/mol. The van der Waals surface area contributed by atoms with Crippen LogP contribution in [0.1, 0.15) is 39.0 Å². The third-order valence-corrected chi connectivity index (χ3v) is 6.70.